The van der Waals surface area contributed by atoms with Gasteiger partial charge in [-0.2, -0.15) is 0 Å². The minimum Gasteiger partial charge on any atom is -0.481 e. The number of piperidine rings is 1. The minimum absolute atomic E-state index is 0. The highest BCUT2D eigenvalue weighted by Crippen LogP contribution is 2.15. The van der Waals surface area contributed by atoms with Crippen LogP contribution in [0.2, 0.25) is 0 Å². The molecular weight excluding hydrogens is 182 g/mol. The van der Waals surface area contributed by atoms with Crippen LogP contribution in [0.15, 0.2) is 0 Å². The van der Waals surface area contributed by atoms with Crippen LogP contribution in [0.25, 0.3) is 0 Å². The maximum Gasteiger partial charge on any atom is 0.306 e. The first-order chi connectivity index (χ1) is 5.24. The third-order valence-electron chi connectivity index (χ3n) is 2.06. The number of halogens is 1. The van der Waals surface area contributed by atoms with Gasteiger partial charge in [0.15, 0.2) is 0 Å². The van der Waals surface area contributed by atoms with E-state index in [1.165, 1.54) is 0 Å². The molecule has 1 saturated heterocycles. The first-order valence-electron chi connectivity index (χ1n) is 3.81. The lowest BCUT2D eigenvalue weighted by atomic mass is 9.93. The average molecular weight is 196 g/mol. The summed E-state index contributed by atoms with van der Waals surface area (Å²) in [4.78, 5) is 10.5. The molecule has 12 heavy (non-hydrogen) atoms. The number of aliphatic carboxylic acids is 1. The van der Waals surface area contributed by atoms with Crippen LogP contribution in [-0.2, 0) is 4.79 Å². The van der Waals surface area contributed by atoms with Crippen molar-refractivity contribution in [3.63, 3.8) is 0 Å². The maximum atomic E-state index is 10.5. The highest BCUT2D eigenvalue weighted by atomic mass is 35.5. The summed E-state index contributed by atoms with van der Waals surface area (Å²) in [7, 11) is 0. The molecule has 0 radical (unpaired) electrons. The fourth-order valence-electron chi connectivity index (χ4n) is 1.37. The lowest BCUT2D eigenvalue weighted by Crippen LogP contribution is -2.42. The topological polar surface area (TPSA) is 69.6 Å². The molecule has 1 heterocycles. The minimum atomic E-state index is -0.745. The van der Waals surface area contributed by atoms with Crippen molar-refractivity contribution < 1.29 is 15.0 Å². The lowest BCUT2D eigenvalue weighted by molar-refractivity contribution is -0.143. The number of nitrogens with one attached hydrogen (secondary N) is 1. The van der Waals surface area contributed by atoms with Gasteiger partial charge in [-0.25, -0.2) is 0 Å². The predicted molar refractivity (Wildman–Crippen MR) is 46.5 cm³/mol. The van der Waals surface area contributed by atoms with Crippen molar-refractivity contribution in [3.05, 3.63) is 0 Å². The van der Waals surface area contributed by atoms with Crippen LogP contribution in [-0.4, -0.2) is 35.4 Å². The van der Waals surface area contributed by atoms with Gasteiger partial charge in [-0.1, -0.05) is 0 Å². The van der Waals surface area contributed by atoms with Crippen LogP contribution in [0.1, 0.15) is 12.8 Å². The number of hydrogen-bond donors (Lipinski definition) is 3. The molecule has 2 unspecified atom stereocenters. The molecule has 0 aliphatic carbocycles. The summed E-state index contributed by atoms with van der Waals surface area (Å²) in [6, 6.07) is -0.0233. The van der Waals surface area contributed by atoms with Crippen LogP contribution in [0.3, 0.4) is 0 Å². The molecule has 0 aromatic carbocycles. The number of hydrogen-bond acceptors (Lipinski definition) is 3. The normalized spacial score (nSPS) is 29.1. The van der Waals surface area contributed by atoms with Crippen LogP contribution in [0.4, 0.5) is 0 Å². The number of aliphatic hydroxyl groups is 1. The molecule has 0 aromatic heterocycles. The molecule has 5 heteroatoms. The molecule has 1 aliphatic rings. The van der Waals surface area contributed by atoms with Crippen molar-refractivity contribution in [2.75, 3.05) is 13.2 Å². The molecule has 72 valence electrons. The van der Waals surface area contributed by atoms with Gasteiger partial charge in [0, 0.05) is 6.04 Å². The number of carbonyl (C=O) groups is 1. The Bertz CT molecular complexity index is 154. The molecule has 1 fully saturated rings. The van der Waals surface area contributed by atoms with E-state index in [9.17, 15) is 4.79 Å². The Balaban J connectivity index is 0.00000121. The average Bonchev–Trinajstić information content (AvgIpc) is 2.05. The summed E-state index contributed by atoms with van der Waals surface area (Å²) in [5, 5.41) is 20.4. The van der Waals surface area contributed by atoms with E-state index >= 15 is 0 Å². The van der Waals surface area contributed by atoms with Crippen molar-refractivity contribution in [2.45, 2.75) is 18.9 Å². The monoisotopic (exact) mass is 195 g/mol. The fourth-order valence-corrected chi connectivity index (χ4v) is 1.37. The Morgan fingerprint density at radius 1 is 1.58 bits per heavy atom. The lowest BCUT2D eigenvalue weighted by Gasteiger charge is -2.26. The van der Waals surface area contributed by atoms with Crippen molar-refractivity contribution in [2.24, 2.45) is 5.92 Å². The Hall–Kier alpha value is -0.320. The first-order valence-corrected chi connectivity index (χ1v) is 3.81. The quantitative estimate of drug-likeness (QED) is 0.574. The predicted octanol–water partition coefficient (Wildman–Crippen LogP) is -0.147. The second-order valence-corrected chi connectivity index (χ2v) is 2.89. The standard InChI is InChI=1S/C7H13NO3.ClH/c9-4-6-3-5(7(10)11)1-2-8-6;/h5-6,8-9H,1-4H2,(H,10,11);1H. The summed E-state index contributed by atoms with van der Waals surface area (Å²) in [5.41, 5.74) is 0. The molecule has 0 bridgehead atoms. The molecule has 3 N–H and O–H groups in total. The molecule has 0 amide bonds. The van der Waals surface area contributed by atoms with Crippen molar-refractivity contribution in [1.82, 2.24) is 5.32 Å². The second kappa shape index (κ2) is 5.35. The highest BCUT2D eigenvalue weighted by Gasteiger charge is 2.25. The Morgan fingerprint density at radius 3 is 2.75 bits per heavy atom. The van der Waals surface area contributed by atoms with Gasteiger partial charge >= 0.3 is 5.97 Å². The van der Waals surface area contributed by atoms with E-state index in [1.54, 1.807) is 0 Å². The van der Waals surface area contributed by atoms with Crippen LogP contribution in [0.5, 0.6) is 0 Å². The van der Waals surface area contributed by atoms with E-state index in [0.717, 1.165) is 0 Å². The number of carboxylic acids is 1. The zero-order valence-corrected chi connectivity index (χ0v) is 7.51. The molecule has 0 spiro atoms. The van der Waals surface area contributed by atoms with Crippen LogP contribution < -0.4 is 5.32 Å². The Labute approximate surface area is 77.4 Å². The molecule has 2 atom stereocenters. The third kappa shape index (κ3) is 2.97. The smallest absolute Gasteiger partial charge is 0.306 e. The Morgan fingerprint density at radius 2 is 2.25 bits per heavy atom. The second-order valence-electron chi connectivity index (χ2n) is 2.89. The first kappa shape index (κ1) is 11.7. The number of aliphatic hydroxyl groups excluding tert-OH is 1. The fraction of sp³-hybridized carbons (Fsp3) is 0.857. The van der Waals surface area contributed by atoms with Gasteiger partial charge in [-0.3, -0.25) is 4.79 Å². The van der Waals surface area contributed by atoms with Crippen molar-refractivity contribution in [3.8, 4) is 0 Å². The van der Waals surface area contributed by atoms with E-state index in [4.69, 9.17) is 10.2 Å². The van der Waals surface area contributed by atoms with E-state index < -0.39 is 5.97 Å². The summed E-state index contributed by atoms with van der Waals surface area (Å²) in [5.74, 6) is -1.02. The van der Waals surface area contributed by atoms with Gasteiger partial charge in [0.1, 0.15) is 0 Å². The highest BCUT2D eigenvalue weighted by molar-refractivity contribution is 5.85. The van der Waals surface area contributed by atoms with Gasteiger partial charge < -0.3 is 15.5 Å². The van der Waals surface area contributed by atoms with Crippen molar-refractivity contribution >= 4 is 18.4 Å². The summed E-state index contributed by atoms with van der Waals surface area (Å²) < 4.78 is 0. The Kier molecular flexibility index (Phi) is 5.20. The summed E-state index contributed by atoms with van der Waals surface area (Å²) >= 11 is 0. The van der Waals surface area contributed by atoms with Gasteiger partial charge in [0.25, 0.3) is 0 Å². The zero-order valence-electron chi connectivity index (χ0n) is 6.69. The van der Waals surface area contributed by atoms with Crippen molar-refractivity contribution in [1.29, 1.82) is 0 Å². The van der Waals surface area contributed by atoms with E-state index in [0.29, 0.717) is 19.4 Å². The summed E-state index contributed by atoms with van der Waals surface area (Å²) in [6.45, 7) is 0.728. The van der Waals surface area contributed by atoms with Crippen LogP contribution >= 0.6 is 12.4 Å². The largest absolute Gasteiger partial charge is 0.481 e. The van der Waals surface area contributed by atoms with E-state index in [2.05, 4.69) is 5.32 Å². The zero-order chi connectivity index (χ0) is 8.27. The van der Waals surface area contributed by atoms with Gasteiger partial charge in [-0.05, 0) is 19.4 Å². The molecule has 0 saturated carbocycles. The number of carboxylic acid groups (broad SMARTS) is 1. The van der Waals surface area contributed by atoms with E-state index in [1.807, 2.05) is 0 Å². The molecule has 4 nitrogen and oxygen atoms in total. The maximum absolute atomic E-state index is 10.5. The van der Waals surface area contributed by atoms with Gasteiger partial charge in [0.05, 0.1) is 12.5 Å². The molecule has 1 aliphatic heterocycles. The van der Waals surface area contributed by atoms with Gasteiger partial charge in [0.2, 0.25) is 0 Å². The molecule has 0 aromatic rings. The third-order valence-corrected chi connectivity index (χ3v) is 2.06. The van der Waals surface area contributed by atoms with Crippen LogP contribution in [0, 0.1) is 5.92 Å². The molecular formula is C7H14ClNO3. The van der Waals surface area contributed by atoms with E-state index in [-0.39, 0.29) is 31.0 Å². The number of rotatable bonds is 2. The SMILES string of the molecule is Cl.O=C(O)C1CCNC(CO)C1. The van der Waals surface area contributed by atoms with Gasteiger partial charge in [-0.15, -0.1) is 12.4 Å². The molecule has 1 rings (SSSR count). The summed E-state index contributed by atoms with van der Waals surface area (Å²) in [6.07, 6.45) is 1.22.